The molecule has 2 atom stereocenters. The Hall–Kier alpha value is -2.75. The molecular formula is C21H23NO3. The molecule has 0 N–H and O–H groups in total. The van der Waals surface area contributed by atoms with Gasteiger partial charge >= 0.3 is 5.97 Å². The van der Waals surface area contributed by atoms with E-state index in [1.54, 1.807) is 18.5 Å². The first kappa shape index (κ1) is 18.6. The maximum atomic E-state index is 11.9. The SMILES string of the molecule is COC(=O)/C=C(C)\C=C\C1C(/C=C/c2ccncc2)=CC(=O)CC1C. The number of nitrogens with zero attached hydrogens (tertiary/aromatic N) is 1. The number of carbonyl (C=O) groups is 2. The maximum Gasteiger partial charge on any atom is 0.330 e. The van der Waals surface area contributed by atoms with Crippen LogP contribution in [-0.4, -0.2) is 23.8 Å². The van der Waals surface area contributed by atoms with Gasteiger partial charge in [0, 0.05) is 30.8 Å². The van der Waals surface area contributed by atoms with E-state index in [0.717, 1.165) is 16.7 Å². The summed E-state index contributed by atoms with van der Waals surface area (Å²) in [5.41, 5.74) is 2.82. The van der Waals surface area contributed by atoms with Gasteiger partial charge in [-0.2, -0.15) is 0 Å². The van der Waals surface area contributed by atoms with E-state index in [2.05, 4.69) is 22.7 Å². The zero-order valence-electron chi connectivity index (χ0n) is 14.8. The molecule has 0 amide bonds. The highest BCUT2D eigenvalue weighted by Gasteiger charge is 2.24. The fourth-order valence-electron chi connectivity index (χ4n) is 2.79. The molecule has 1 aromatic rings. The molecule has 1 aliphatic carbocycles. The van der Waals surface area contributed by atoms with Crippen LogP contribution in [0.25, 0.3) is 6.08 Å². The Balaban J connectivity index is 2.22. The average Bonchev–Trinajstić information content (AvgIpc) is 2.59. The van der Waals surface area contributed by atoms with Gasteiger partial charge in [-0.25, -0.2) is 4.79 Å². The van der Waals surface area contributed by atoms with Gasteiger partial charge in [0.05, 0.1) is 7.11 Å². The van der Waals surface area contributed by atoms with Gasteiger partial charge in [0.15, 0.2) is 5.78 Å². The Morgan fingerprint density at radius 3 is 2.68 bits per heavy atom. The summed E-state index contributed by atoms with van der Waals surface area (Å²) in [5, 5.41) is 0. The minimum absolute atomic E-state index is 0.122. The summed E-state index contributed by atoms with van der Waals surface area (Å²) in [7, 11) is 1.36. The molecule has 0 aliphatic heterocycles. The third-order valence-corrected chi connectivity index (χ3v) is 4.14. The Kier molecular flexibility index (Phi) is 6.63. The highest BCUT2D eigenvalue weighted by atomic mass is 16.5. The van der Waals surface area contributed by atoms with Crippen LogP contribution in [0.1, 0.15) is 25.8 Å². The van der Waals surface area contributed by atoms with Crippen molar-refractivity contribution >= 4 is 17.8 Å². The van der Waals surface area contributed by atoms with Crippen molar-refractivity contribution in [2.75, 3.05) is 7.11 Å². The minimum Gasteiger partial charge on any atom is -0.466 e. The molecule has 0 spiro atoms. The Morgan fingerprint density at radius 1 is 1.28 bits per heavy atom. The van der Waals surface area contributed by atoms with E-state index in [0.29, 0.717) is 6.42 Å². The Labute approximate surface area is 148 Å². The number of esters is 1. The molecule has 1 aliphatic rings. The summed E-state index contributed by atoms with van der Waals surface area (Å²) < 4.78 is 4.64. The van der Waals surface area contributed by atoms with Crippen LogP contribution in [0.4, 0.5) is 0 Å². The van der Waals surface area contributed by atoms with Crippen LogP contribution in [0, 0.1) is 11.8 Å². The quantitative estimate of drug-likeness (QED) is 0.464. The van der Waals surface area contributed by atoms with Crippen LogP contribution < -0.4 is 0 Å². The van der Waals surface area contributed by atoms with Crippen molar-refractivity contribution in [3.05, 3.63) is 71.6 Å². The van der Waals surface area contributed by atoms with Gasteiger partial charge in [-0.05, 0) is 47.8 Å². The van der Waals surface area contributed by atoms with Gasteiger partial charge in [0.25, 0.3) is 0 Å². The maximum absolute atomic E-state index is 11.9. The van der Waals surface area contributed by atoms with Crippen molar-refractivity contribution in [3.63, 3.8) is 0 Å². The first-order chi connectivity index (χ1) is 12.0. The minimum atomic E-state index is -0.373. The fraction of sp³-hybridized carbons (Fsp3) is 0.286. The summed E-state index contributed by atoms with van der Waals surface area (Å²) in [4.78, 5) is 27.2. The molecule has 2 rings (SSSR count). The number of rotatable bonds is 5. The van der Waals surface area contributed by atoms with Crippen molar-refractivity contribution in [1.82, 2.24) is 4.98 Å². The Morgan fingerprint density at radius 2 is 2.00 bits per heavy atom. The number of ether oxygens (including phenoxy) is 1. The molecule has 4 heteroatoms. The van der Waals surface area contributed by atoms with E-state index in [1.807, 2.05) is 37.3 Å². The lowest BCUT2D eigenvalue weighted by molar-refractivity contribution is -0.134. The summed E-state index contributed by atoms with van der Waals surface area (Å²) in [5.74, 6) is 0.101. The van der Waals surface area contributed by atoms with Gasteiger partial charge in [-0.15, -0.1) is 0 Å². The van der Waals surface area contributed by atoms with Gasteiger partial charge in [0.1, 0.15) is 0 Å². The van der Waals surface area contributed by atoms with E-state index in [-0.39, 0.29) is 23.6 Å². The third-order valence-electron chi connectivity index (χ3n) is 4.14. The monoisotopic (exact) mass is 337 g/mol. The molecule has 1 aromatic heterocycles. The van der Waals surface area contributed by atoms with Crippen molar-refractivity contribution in [2.45, 2.75) is 20.3 Å². The Bertz CT molecular complexity index is 742. The van der Waals surface area contributed by atoms with E-state index in [4.69, 9.17) is 0 Å². The van der Waals surface area contributed by atoms with Crippen LogP contribution in [-0.2, 0) is 14.3 Å². The van der Waals surface area contributed by atoms with E-state index >= 15 is 0 Å². The molecule has 0 saturated carbocycles. The predicted molar refractivity (Wildman–Crippen MR) is 98.5 cm³/mol. The second-order valence-corrected chi connectivity index (χ2v) is 6.20. The number of pyridine rings is 1. The lowest BCUT2D eigenvalue weighted by atomic mass is 9.78. The average molecular weight is 337 g/mol. The predicted octanol–water partition coefficient (Wildman–Crippen LogP) is 3.92. The van der Waals surface area contributed by atoms with Gasteiger partial charge in [-0.3, -0.25) is 9.78 Å². The number of methoxy groups -OCH3 is 1. The summed E-state index contributed by atoms with van der Waals surface area (Å²) in [6.45, 7) is 3.92. The van der Waals surface area contributed by atoms with Crippen LogP contribution in [0.5, 0.6) is 0 Å². The zero-order valence-corrected chi connectivity index (χ0v) is 14.8. The molecule has 4 nitrogen and oxygen atoms in total. The second-order valence-electron chi connectivity index (χ2n) is 6.20. The molecule has 0 bridgehead atoms. The molecule has 1 heterocycles. The highest BCUT2D eigenvalue weighted by molar-refractivity contribution is 5.92. The number of carbonyl (C=O) groups excluding carboxylic acids is 2. The molecule has 0 fully saturated rings. The second kappa shape index (κ2) is 8.92. The number of aromatic nitrogens is 1. The molecule has 2 unspecified atom stereocenters. The molecular weight excluding hydrogens is 314 g/mol. The lowest BCUT2D eigenvalue weighted by Gasteiger charge is -2.25. The van der Waals surface area contributed by atoms with E-state index in [1.165, 1.54) is 13.2 Å². The van der Waals surface area contributed by atoms with Crippen LogP contribution in [0.2, 0.25) is 0 Å². The molecule has 0 aromatic carbocycles. The topological polar surface area (TPSA) is 56.3 Å². The number of ketones is 1. The largest absolute Gasteiger partial charge is 0.466 e. The van der Waals surface area contributed by atoms with Crippen molar-refractivity contribution in [2.24, 2.45) is 11.8 Å². The lowest BCUT2D eigenvalue weighted by Crippen LogP contribution is -2.20. The van der Waals surface area contributed by atoms with Gasteiger partial charge in [-0.1, -0.05) is 31.2 Å². The van der Waals surface area contributed by atoms with Crippen LogP contribution >= 0.6 is 0 Å². The molecule has 130 valence electrons. The first-order valence-electron chi connectivity index (χ1n) is 8.26. The molecule has 25 heavy (non-hydrogen) atoms. The smallest absolute Gasteiger partial charge is 0.330 e. The summed E-state index contributed by atoms with van der Waals surface area (Å²) in [6, 6.07) is 3.83. The number of hydrogen-bond donors (Lipinski definition) is 0. The number of allylic oxidation sites excluding steroid dienone is 6. The van der Waals surface area contributed by atoms with E-state index < -0.39 is 0 Å². The third kappa shape index (κ3) is 5.68. The van der Waals surface area contributed by atoms with E-state index in [9.17, 15) is 9.59 Å². The van der Waals surface area contributed by atoms with Crippen LogP contribution in [0.3, 0.4) is 0 Å². The summed E-state index contributed by atoms with van der Waals surface area (Å²) in [6.07, 6.45) is 15.1. The van der Waals surface area contributed by atoms with Crippen molar-refractivity contribution < 1.29 is 14.3 Å². The van der Waals surface area contributed by atoms with Crippen molar-refractivity contribution in [1.29, 1.82) is 0 Å². The standard InChI is InChI=1S/C21H23NO3/c1-15(12-21(24)25-3)4-7-20-16(2)13-19(23)14-18(20)6-5-17-8-10-22-11-9-17/h4-12,14,16,20H,13H2,1-3H3/b6-5+,7-4+,15-12-. The summed E-state index contributed by atoms with van der Waals surface area (Å²) >= 11 is 0. The number of hydrogen-bond acceptors (Lipinski definition) is 4. The first-order valence-corrected chi connectivity index (χ1v) is 8.26. The normalized spacial score (nSPS) is 21.6. The molecule has 0 radical (unpaired) electrons. The fourth-order valence-corrected chi connectivity index (χ4v) is 2.79. The van der Waals surface area contributed by atoms with Crippen molar-refractivity contribution in [3.8, 4) is 0 Å². The van der Waals surface area contributed by atoms with Gasteiger partial charge < -0.3 is 4.74 Å². The molecule has 0 saturated heterocycles. The van der Waals surface area contributed by atoms with Gasteiger partial charge in [0.2, 0.25) is 0 Å². The zero-order chi connectivity index (χ0) is 18.2. The highest BCUT2D eigenvalue weighted by Crippen LogP contribution is 2.31. The van der Waals surface area contributed by atoms with Crippen LogP contribution in [0.15, 0.2) is 66.1 Å².